The lowest BCUT2D eigenvalue weighted by molar-refractivity contribution is 0.589. The summed E-state index contributed by atoms with van der Waals surface area (Å²) in [7, 11) is -3.14. The maximum atomic E-state index is 15.1. The van der Waals surface area contributed by atoms with Gasteiger partial charge in [-0.2, -0.15) is 0 Å². The van der Waals surface area contributed by atoms with Crippen molar-refractivity contribution in [2.24, 2.45) is 10.4 Å². The summed E-state index contributed by atoms with van der Waals surface area (Å²) in [4.78, 5) is 5.11. The van der Waals surface area contributed by atoms with Crippen LogP contribution in [0, 0.1) is 19.3 Å². The highest BCUT2D eigenvalue weighted by Crippen LogP contribution is 2.44. The molecule has 0 spiro atoms. The molecule has 0 saturated carbocycles. The number of nitrogens with zero attached hydrogens (tertiary/aromatic N) is 1. The standard InChI is InChI=1S/C31H33N2OP/c1-23-15-14-16-24(2)29(23)33-30(31(3,4)5)32-27-21-12-13-22-28(27)35(34,25-17-8-6-9-18-25)26-19-10-7-11-20-26/h6-22H,1-5H3,(H,32,33). The SMILES string of the molecule is Cc1cccc(C)c1N=C(Nc1ccccc1P(=O)(c1ccccc1)c1ccccc1)C(C)(C)C. The lowest BCUT2D eigenvalue weighted by Crippen LogP contribution is -2.32. The van der Waals surface area contributed by atoms with Gasteiger partial charge in [0.2, 0.25) is 0 Å². The fourth-order valence-corrected chi connectivity index (χ4v) is 6.97. The molecule has 0 saturated heterocycles. The van der Waals surface area contributed by atoms with E-state index in [4.69, 9.17) is 4.99 Å². The van der Waals surface area contributed by atoms with E-state index in [1.54, 1.807) is 0 Å². The van der Waals surface area contributed by atoms with E-state index in [1.807, 2.05) is 84.9 Å². The van der Waals surface area contributed by atoms with E-state index in [-0.39, 0.29) is 5.41 Å². The Kier molecular flexibility index (Phi) is 7.10. The average Bonchev–Trinajstić information content (AvgIpc) is 2.86. The molecule has 0 amide bonds. The third kappa shape index (κ3) is 5.16. The van der Waals surface area contributed by atoms with Gasteiger partial charge in [-0.25, -0.2) is 4.99 Å². The van der Waals surface area contributed by atoms with Crippen molar-refractivity contribution in [2.75, 3.05) is 5.32 Å². The Balaban J connectivity index is 1.91. The van der Waals surface area contributed by atoms with Gasteiger partial charge >= 0.3 is 0 Å². The van der Waals surface area contributed by atoms with E-state index >= 15 is 4.57 Å². The van der Waals surface area contributed by atoms with E-state index in [0.717, 1.165) is 44.3 Å². The van der Waals surface area contributed by atoms with Crippen molar-refractivity contribution in [1.82, 2.24) is 0 Å². The van der Waals surface area contributed by atoms with Gasteiger partial charge in [-0.3, -0.25) is 0 Å². The summed E-state index contributed by atoms with van der Waals surface area (Å²) in [6.45, 7) is 10.6. The molecule has 0 bridgehead atoms. The van der Waals surface area contributed by atoms with E-state index in [9.17, 15) is 0 Å². The summed E-state index contributed by atoms with van der Waals surface area (Å²) in [6, 6.07) is 33.7. The number of nitrogens with one attached hydrogen (secondary N) is 1. The van der Waals surface area contributed by atoms with Gasteiger partial charge in [-0.15, -0.1) is 0 Å². The second-order valence-electron chi connectivity index (χ2n) is 9.87. The molecule has 0 atom stereocenters. The first-order valence-corrected chi connectivity index (χ1v) is 13.7. The predicted octanol–water partition coefficient (Wildman–Crippen LogP) is 7.13. The fraction of sp³-hybridized carbons (Fsp3) is 0.194. The lowest BCUT2D eigenvalue weighted by atomic mass is 9.94. The second kappa shape index (κ2) is 10.1. The first kappa shape index (κ1) is 24.7. The van der Waals surface area contributed by atoms with Crippen molar-refractivity contribution in [3.63, 3.8) is 0 Å². The summed E-state index contributed by atoms with van der Waals surface area (Å²) in [5.41, 5.74) is 3.77. The third-order valence-corrected chi connectivity index (χ3v) is 9.23. The molecule has 0 fully saturated rings. The topological polar surface area (TPSA) is 41.5 Å². The van der Waals surface area contributed by atoms with Crippen LogP contribution in [0.1, 0.15) is 31.9 Å². The van der Waals surface area contributed by atoms with Crippen LogP contribution in [0.5, 0.6) is 0 Å². The number of hydrogen-bond donors (Lipinski definition) is 1. The van der Waals surface area contributed by atoms with E-state index < -0.39 is 7.14 Å². The number of rotatable bonds is 5. The first-order chi connectivity index (χ1) is 16.7. The monoisotopic (exact) mass is 480 g/mol. The van der Waals surface area contributed by atoms with Crippen LogP contribution < -0.4 is 21.2 Å². The maximum absolute atomic E-state index is 15.1. The Morgan fingerprint density at radius 3 is 1.69 bits per heavy atom. The van der Waals surface area contributed by atoms with Crippen LogP contribution in [0.3, 0.4) is 0 Å². The molecule has 178 valence electrons. The summed E-state index contributed by atoms with van der Waals surface area (Å²) in [5, 5.41) is 6.01. The van der Waals surface area contributed by atoms with Gasteiger partial charge in [0, 0.05) is 21.3 Å². The molecular weight excluding hydrogens is 447 g/mol. The molecule has 1 N–H and O–H groups in total. The van der Waals surface area contributed by atoms with Crippen LogP contribution in [0.15, 0.2) is 108 Å². The van der Waals surface area contributed by atoms with Crippen LogP contribution in [-0.4, -0.2) is 5.84 Å². The molecule has 0 aliphatic rings. The lowest BCUT2D eigenvalue weighted by Gasteiger charge is -2.27. The van der Waals surface area contributed by atoms with Crippen molar-refractivity contribution in [3.8, 4) is 0 Å². The summed E-state index contributed by atoms with van der Waals surface area (Å²) in [5.74, 6) is 0.829. The molecule has 3 nitrogen and oxygen atoms in total. The molecule has 4 aromatic rings. The smallest absolute Gasteiger partial charge is 0.173 e. The molecule has 0 aromatic heterocycles. The zero-order valence-electron chi connectivity index (χ0n) is 21.1. The second-order valence-corrected chi connectivity index (χ2v) is 12.6. The van der Waals surface area contributed by atoms with Crippen molar-refractivity contribution >= 4 is 40.3 Å². The number of anilines is 1. The number of hydrogen-bond acceptors (Lipinski definition) is 2. The Labute approximate surface area is 209 Å². The quantitative estimate of drug-likeness (QED) is 0.188. The Hall–Kier alpha value is -3.42. The van der Waals surface area contributed by atoms with Gasteiger partial charge in [0.1, 0.15) is 5.84 Å². The first-order valence-electron chi connectivity index (χ1n) is 11.9. The Morgan fingerprint density at radius 2 is 1.17 bits per heavy atom. The van der Waals surface area contributed by atoms with Gasteiger partial charge in [0.25, 0.3) is 0 Å². The van der Waals surface area contributed by atoms with Gasteiger partial charge in [0.15, 0.2) is 7.14 Å². The molecule has 0 unspecified atom stereocenters. The van der Waals surface area contributed by atoms with Gasteiger partial charge in [-0.05, 0) is 37.1 Å². The molecule has 0 radical (unpaired) electrons. The van der Waals surface area contributed by atoms with Crippen molar-refractivity contribution in [2.45, 2.75) is 34.6 Å². The van der Waals surface area contributed by atoms with Crippen LogP contribution >= 0.6 is 7.14 Å². The van der Waals surface area contributed by atoms with Crippen LogP contribution in [0.4, 0.5) is 11.4 Å². The highest BCUT2D eigenvalue weighted by Gasteiger charge is 2.32. The minimum absolute atomic E-state index is 0.259. The number of amidine groups is 1. The van der Waals surface area contributed by atoms with Crippen LogP contribution in [0.2, 0.25) is 0 Å². The van der Waals surface area contributed by atoms with E-state index in [2.05, 4.69) is 58.1 Å². The minimum Gasteiger partial charge on any atom is -0.343 e. The van der Waals surface area contributed by atoms with E-state index in [1.165, 1.54) is 0 Å². The molecular formula is C31H33N2OP. The molecule has 0 heterocycles. The summed E-state index contributed by atoms with van der Waals surface area (Å²) >= 11 is 0. The normalized spacial score (nSPS) is 12.4. The largest absolute Gasteiger partial charge is 0.343 e. The van der Waals surface area contributed by atoms with Crippen molar-refractivity contribution in [3.05, 3.63) is 114 Å². The zero-order valence-corrected chi connectivity index (χ0v) is 22.0. The summed E-state index contributed by atoms with van der Waals surface area (Å²) in [6.07, 6.45) is 0. The minimum atomic E-state index is -3.14. The molecule has 0 aliphatic heterocycles. The van der Waals surface area contributed by atoms with Crippen molar-refractivity contribution in [1.29, 1.82) is 0 Å². The fourth-order valence-electron chi connectivity index (χ4n) is 4.16. The number of aryl methyl sites for hydroxylation is 2. The maximum Gasteiger partial charge on any atom is 0.173 e. The average molecular weight is 481 g/mol. The van der Waals surface area contributed by atoms with Gasteiger partial charge in [0.05, 0.1) is 11.4 Å². The molecule has 4 rings (SSSR count). The molecule has 4 aromatic carbocycles. The number of para-hydroxylation sites is 2. The van der Waals surface area contributed by atoms with Crippen LogP contribution in [0.25, 0.3) is 0 Å². The summed E-state index contributed by atoms with van der Waals surface area (Å²) < 4.78 is 15.1. The van der Waals surface area contributed by atoms with Crippen LogP contribution in [-0.2, 0) is 4.57 Å². The van der Waals surface area contributed by atoms with Gasteiger partial charge < -0.3 is 9.88 Å². The zero-order chi connectivity index (χ0) is 25.1. The molecule has 0 aliphatic carbocycles. The van der Waals surface area contributed by atoms with Crippen molar-refractivity contribution < 1.29 is 4.57 Å². The third-order valence-electron chi connectivity index (χ3n) is 6.11. The van der Waals surface area contributed by atoms with E-state index in [0.29, 0.717) is 0 Å². The highest BCUT2D eigenvalue weighted by atomic mass is 31.2. The van der Waals surface area contributed by atoms with Gasteiger partial charge in [-0.1, -0.05) is 112 Å². The predicted molar refractivity (Wildman–Crippen MR) is 152 cm³/mol. The highest BCUT2D eigenvalue weighted by molar-refractivity contribution is 7.85. The Bertz CT molecular complexity index is 1320. The number of benzene rings is 4. The number of aliphatic imine (C=N–C) groups is 1. The molecule has 4 heteroatoms. The molecule has 35 heavy (non-hydrogen) atoms. The Morgan fingerprint density at radius 1 is 0.686 bits per heavy atom.